The van der Waals surface area contributed by atoms with Crippen molar-refractivity contribution in [2.75, 3.05) is 0 Å². The minimum absolute atomic E-state index is 0.395. The first kappa shape index (κ1) is 10.8. The number of carbonyl (C=O) groups excluding carboxylic acids is 1. The quantitative estimate of drug-likeness (QED) is 0.613. The van der Waals surface area contributed by atoms with Gasteiger partial charge < -0.3 is 5.73 Å². The Balaban J connectivity index is 2.84. The first-order valence-corrected chi connectivity index (χ1v) is 4.76. The van der Waals surface area contributed by atoms with Crippen molar-refractivity contribution in [2.24, 2.45) is 22.7 Å². The number of nitrogens with two attached hydrogens (primary N) is 1. The predicted molar refractivity (Wildman–Crippen MR) is 56.9 cm³/mol. The Labute approximate surface area is 84.2 Å². The van der Waals surface area contributed by atoms with Crippen molar-refractivity contribution in [1.82, 2.24) is 5.43 Å². The van der Waals surface area contributed by atoms with E-state index in [4.69, 9.17) is 5.73 Å². The summed E-state index contributed by atoms with van der Waals surface area (Å²) in [6.45, 7) is 8.36. The molecule has 2 unspecified atom stereocenters. The third kappa shape index (κ3) is 1.78. The van der Waals surface area contributed by atoms with E-state index in [2.05, 4.69) is 38.2 Å². The first-order valence-electron chi connectivity index (χ1n) is 4.76. The summed E-state index contributed by atoms with van der Waals surface area (Å²) in [6.07, 6.45) is 0. The minimum Gasteiger partial charge on any atom is -0.350 e. The lowest BCUT2D eigenvalue weighted by molar-refractivity contribution is 0.249. The molecule has 0 aliphatic heterocycles. The van der Waals surface area contributed by atoms with Crippen LogP contribution in [0.1, 0.15) is 27.7 Å². The van der Waals surface area contributed by atoms with Gasteiger partial charge in [-0.25, -0.2) is 10.2 Å². The third-order valence-electron chi connectivity index (χ3n) is 2.74. The zero-order chi connectivity index (χ0) is 10.9. The van der Waals surface area contributed by atoms with Crippen molar-refractivity contribution >= 4 is 11.7 Å². The number of hydrazone groups is 1. The average Bonchev–Trinajstić information content (AvgIpc) is 2.09. The molecule has 0 aromatic heterocycles. The Kier molecular flexibility index (Phi) is 2.93. The van der Waals surface area contributed by atoms with Crippen LogP contribution in [0.5, 0.6) is 0 Å². The zero-order valence-corrected chi connectivity index (χ0v) is 9.09. The second-order valence-electron chi connectivity index (χ2n) is 3.96. The maximum Gasteiger partial charge on any atom is 0.332 e. The van der Waals surface area contributed by atoms with Crippen molar-refractivity contribution < 1.29 is 4.79 Å². The monoisotopic (exact) mass is 195 g/mol. The first-order chi connectivity index (χ1) is 6.45. The van der Waals surface area contributed by atoms with Gasteiger partial charge in [0.1, 0.15) is 0 Å². The van der Waals surface area contributed by atoms with Crippen molar-refractivity contribution in [1.29, 1.82) is 0 Å². The number of hydrogen-bond acceptors (Lipinski definition) is 2. The summed E-state index contributed by atoms with van der Waals surface area (Å²) < 4.78 is 0. The molecular formula is C10H17N3O. The molecule has 2 amide bonds. The molecule has 3 N–H and O–H groups in total. The number of nitrogens with one attached hydrogen (secondary N) is 1. The summed E-state index contributed by atoms with van der Waals surface area (Å²) in [7, 11) is 0. The standard InChI is InChI=1S/C10H17N3O/c1-5(2)8-6(3)7(4)9(8)12-13-10(11)14/h6-7H,1-4H3,(H3,11,13,14)/b12-9-. The van der Waals surface area contributed by atoms with Crippen LogP contribution in [0.25, 0.3) is 0 Å². The molecule has 1 aliphatic rings. The number of hydrogen-bond donors (Lipinski definition) is 2. The molecule has 4 nitrogen and oxygen atoms in total. The van der Waals surface area contributed by atoms with Crippen LogP contribution in [0.3, 0.4) is 0 Å². The Bertz CT molecular complexity index is 313. The SMILES string of the molecule is CC(C)=C1/C(=N\NC(N)=O)C(C)C1C. The van der Waals surface area contributed by atoms with Gasteiger partial charge >= 0.3 is 6.03 Å². The Morgan fingerprint density at radius 3 is 2.36 bits per heavy atom. The van der Waals surface area contributed by atoms with Crippen LogP contribution in [0.15, 0.2) is 16.2 Å². The fourth-order valence-electron chi connectivity index (χ4n) is 1.86. The van der Waals surface area contributed by atoms with E-state index in [1.54, 1.807) is 0 Å². The maximum absolute atomic E-state index is 10.5. The van der Waals surface area contributed by atoms with Gasteiger partial charge in [0.15, 0.2) is 0 Å². The molecule has 0 saturated heterocycles. The van der Waals surface area contributed by atoms with Crippen molar-refractivity contribution in [3.8, 4) is 0 Å². The van der Waals surface area contributed by atoms with E-state index < -0.39 is 6.03 Å². The molecule has 0 aromatic rings. The molecule has 14 heavy (non-hydrogen) atoms. The molecule has 0 heterocycles. The highest BCUT2D eigenvalue weighted by Gasteiger charge is 2.36. The van der Waals surface area contributed by atoms with Crippen LogP contribution in [-0.2, 0) is 0 Å². The Morgan fingerprint density at radius 2 is 1.93 bits per heavy atom. The van der Waals surface area contributed by atoms with Crippen LogP contribution in [-0.4, -0.2) is 11.7 Å². The summed E-state index contributed by atoms with van der Waals surface area (Å²) in [5.74, 6) is 0.917. The fourth-order valence-corrected chi connectivity index (χ4v) is 1.86. The summed E-state index contributed by atoms with van der Waals surface area (Å²) in [6, 6.07) is -0.614. The fraction of sp³-hybridized carbons (Fsp3) is 0.600. The van der Waals surface area contributed by atoms with Gasteiger partial charge in [0.2, 0.25) is 0 Å². The van der Waals surface area contributed by atoms with Crippen LogP contribution in [0.4, 0.5) is 4.79 Å². The summed E-state index contributed by atoms with van der Waals surface area (Å²) in [4.78, 5) is 10.5. The van der Waals surface area contributed by atoms with Gasteiger partial charge in [-0.15, -0.1) is 0 Å². The lowest BCUT2D eigenvalue weighted by Crippen LogP contribution is -2.40. The number of allylic oxidation sites excluding steroid dienone is 2. The number of carbonyl (C=O) groups is 1. The second-order valence-corrected chi connectivity index (χ2v) is 3.96. The Morgan fingerprint density at radius 1 is 1.36 bits per heavy atom. The molecule has 4 heteroatoms. The predicted octanol–water partition coefficient (Wildman–Crippen LogP) is 1.63. The van der Waals surface area contributed by atoms with Gasteiger partial charge in [0.25, 0.3) is 0 Å². The molecule has 1 saturated carbocycles. The van der Waals surface area contributed by atoms with E-state index in [1.807, 2.05) is 0 Å². The molecule has 1 fully saturated rings. The summed E-state index contributed by atoms with van der Waals surface area (Å²) in [5.41, 5.74) is 10.7. The van der Waals surface area contributed by atoms with Gasteiger partial charge in [-0.2, -0.15) is 5.10 Å². The lowest BCUT2D eigenvalue weighted by Gasteiger charge is -2.37. The van der Waals surface area contributed by atoms with Crippen LogP contribution < -0.4 is 11.2 Å². The number of rotatable bonds is 1. The van der Waals surface area contributed by atoms with E-state index in [1.165, 1.54) is 11.1 Å². The minimum atomic E-state index is -0.614. The molecule has 0 aromatic carbocycles. The third-order valence-corrected chi connectivity index (χ3v) is 2.74. The molecule has 0 spiro atoms. The Hall–Kier alpha value is -1.32. The maximum atomic E-state index is 10.5. The number of nitrogens with zero attached hydrogens (tertiary/aromatic N) is 1. The number of primary amides is 1. The normalized spacial score (nSPS) is 28.6. The van der Waals surface area contributed by atoms with Gasteiger partial charge in [0.05, 0.1) is 5.71 Å². The van der Waals surface area contributed by atoms with E-state index in [0.717, 1.165) is 5.71 Å². The molecular weight excluding hydrogens is 178 g/mol. The lowest BCUT2D eigenvalue weighted by atomic mass is 9.68. The average molecular weight is 195 g/mol. The van der Waals surface area contributed by atoms with Crippen molar-refractivity contribution in [3.05, 3.63) is 11.1 Å². The van der Waals surface area contributed by atoms with E-state index in [0.29, 0.717) is 11.8 Å². The van der Waals surface area contributed by atoms with Gasteiger partial charge in [-0.1, -0.05) is 19.4 Å². The highest BCUT2D eigenvalue weighted by molar-refractivity contribution is 6.09. The van der Waals surface area contributed by atoms with E-state index in [9.17, 15) is 4.79 Å². The number of urea groups is 1. The zero-order valence-electron chi connectivity index (χ0n) is 9.09. The van der Waals surface area contributed by atoms with Crippen LogP contribution >= 0.6 is 0 Å². The van der Waals surface area contributed by atoms with E-state index >= 15 is 0 Å². The van der Waals surface area contributed by atoms with Crippen LogP contribution in [0.2, 0.25) is 0 Å². The highest BCUT2D eigenvalue weighted by atomic mass is 16.2. The second kappa shape index (κ2) is 3.82. The van der Waals surface area contributed by atoms with Crippen molar-refractivity contribution in [2.45, 2.75) is 27.7 Å². The summed E-state index contributed by atoms with van der Waals surface area (Å²) >= 11 is 0. The van der Waals surface area contributed by atoms with E-state index in [-0.39, 0.29) is 0 Å². The van der Waals surface area contributed by atoms with Gasteiger partial charge in [0, 0.05) is 5.92 Å². The topological polar surface area (TPSA) is 67.5 Å². The summed E-state index contributed by atoms with van der Waals surface area (Å²) in [5, 5.41) is 4.00. The molecule has 1 rings (SSSR count). The molecule has 2 atom stereocenters. The van der Waals surface area contributed by atoms with Crippen molar-refractivity contribution in [3.63, 3.8) is 0 Å². The molecule has 78 valence electrons. The van der Waals surface area contributed by atoms with Gasteiger partial charge in [-0.3, -0.25) is 0 Å². The molecule has 0 bridgehead atoms. The smallest absolute Gasteiger partial charge is 0.332 e. The van der Waals surface area contributed by atoms with Gasteiger partial charge in [-0.05, 0) is 25.3 Å². The largest absolute Gasteiger partial charge is 0.350 e. The van der Waals surface area contributed by atoms with Crippen LogP contribution in [0, 0.1) is 11.8 Å². The highest BCUT2D eigenvalue weighted by Crippen LogP contribution is 2.38. The molecule has 0 radical (unpaired) electrons. The number of amides is 2. The molecule has 1 aliphatic carbocycles.